The molecule has 1 atom stereocenters. The fourth-order valence-corrected chi connectivity index (χ4v) is 2.33. The number of hydrogen-bond donors (Lipinski definition) is 0. The van der Waals surface area contributed by atoms with E-state index in [1.54, 1.807) is 11.8 Å². The van der Waals surface area contributed by atoms with E-state index in [1.807, 2.05) is 0 Å². The van der Waals surface area contributed by atoms with Gasteiger partial charge in [-0.05, 0) is 18.1 Å². The SMILES string of the molecule is CC(C)CSCC(=O)C1CCOC1. The van der Waals surface area contributed by atoms with E-state index < -0.39 is 0 Å². The van der Waals surface area contributed by atoms with Gasteiger partial charge in [-0.15, -0.1) is 0 Å². The van der Waals surface area contributed by atoms with E-state index in [9.17, 15) is 4.79 Å². The highest BCUT2D eigenvalue weighted by atomic mass is 32.2. The smallest absolute Gasteiger partial charge is 0.148 e. The van der Waals surface area contributed by atoms with Crippen LogP contribution < -0.4 is 0 Å². The zero-order valence-electron chi connectivity index (χ0n) is 8.41. The molecule has 0 amide bonds. The van der Waals surface area contributed by atoms with Crippen LogP contribution >= 0.6 is 11.8 Å². The van der Waals surface area contributed by atoms with Crippen LogP contribution in [0.3, 0.4) is 0 Å². The Labute approximate surface area is 84.4 Å². The van der Waals surface area contributed by atoms with Gasteiger partial charge in [0.05, 0.1) is 12.4 Å². The Morgan fingerprint density at radius 3 is 2.92 bits per heavy atom. The van der Waals surface area contributed by atoms with Gasteiger partial charge in [-0.1, -0.05) is 13.8 Å². The lowest BCUT2D eigenvalue weighted by Gasteiger charge is -2.07. The van der Waals surface area contributed by atoms with Gasteiger partial charge in [0.15, 0.2) is 0 Å². The van der Waals surface area contributed by atoms with Crippen molar-refractivity contribution in [3.63, 3.8) is 0 Å². The second-order valence-corrected chi connectivity index (χ2v) is 4.97. The van der Waals surface area contributed by atoms with Crippen LogP contribution in [-0.2, 0) is 9.53 Å². The zero-order chi connectivity index (χ0) is 9.68. The number of hydrogen-bond acceptors (Lipinski definition) is 3. The standard InChI is InChI=1S/C10H18O2S/c1-8(2)6-13-7-10(11)9-3-4-12-5-9/h8-9H,3-7H2,1-2H3. The van der Waals surface area contributed by atoms with Crippen molar-refractivity contribution in [3.8, 4) is 0 Å². The van der Waals surface area contributed by atoms with E-state index in [4.69, 9.17) is 4.74 Å². The van der Waals surface area contributed by atoms with Crippen LogP contribution in [0, 0.1) is 11.8 Å². The molecule has 0 bridgehead atoms. The van der Waals surface area contributed by atoms with Crippen LogP contribution in [0.2, 0.25) is 0 Å². The maximum absolute atomic E-state index is 11.5. The van der Waals surface area contributed by atoms with Crippen LogP contribution in [0.25, 0.3) is 0 Å². The lowest BCUT2D eigenvalue weighted by molar-refractivity contribution is -0.120. The molecule has 1 aliphatic heterocycles. The van der Waals surface area contributed by atoms with Crippen molar-refractivity contribution < 1.29 is 9.53 Å². The average molecular weight is 202 g/mol. The summed E-state index contributed by atoms with van der Waals surface area (Å²) < 4.78 is 5.18. The first-order chi connectivity index (χ1) is 6.20. The molecule has 76 valence electrons. The molecule has 1 rings (SSSR count). The third kappa shape index (κ3) is 4.14. The number of ether oxygens (including phenoxy) is 1. The van der Waals surface area contributed by atoms with Crippen LogP contribution in [0.1, 0.15) is 20.3 Å². The van der Waals surface area contributed by atoms with Gasteiger partial charge in [0.2, 0.25) is 0 Å². The average Bonchev–Trinajstić information content (AvgIpc) is 2.55. The van der Waals surface area contributed by atoms with Crippen LogP contribution in [0.5, 0.6) is 0 Å². The quantitative estimate of drug-likeness (QED) is 0.682. The highest BCUT2D eigenvalue weighted by Gasteiger charge is 2.22. The lowest BCUT2D eigenvalue weighted by Crippen LogP contribution is -2.17. The highest BCUT2D eigenvalue weighted by Crippen LogP contribution is 2.17. The van der Waals surface area contributed by atoms with E-state index in [2.05, 4.69) is 13.8 Å². The number of carbonyl (C=O) groups excluding carboxylic acids is 1. The number of thioether (sulfide) groups is 1. The molecule has 0 spiro atoms. The van der Waals surface area contributed by atoms with Crippen molar-refractivity contribution in [2.24, 2.45) is 11.8 Å². The molecule has 0 N–H and O–H groups in total. The van der Waals surface area contributed by atoms with E-state index in [-0.39, 0.29) is 5.92 Å². The molecule has 0 aromatic rings. The number of carbonyl (C=O) groups is 1. The van der Waals surface area contributed by atoms with Gasteiger partial charge in [0, 0.05) is 12.5 Å². The molecule has 1 heterocycles. The lowest BCUT2D eigenvalue weighted by atomic mass is 10.1. The molecule has 3 heteroatoms. The number of Topliss-reactive ketones (excluding diaryl/α,β-unsaturated/α-hetero) is 1. The largest absolute Gasteiger partial charge is 0.381 e. The van der Waals surface area contributed by atoms with Gasteiger partial charge in [-0.3, -0.25) is 4.79 Å². The molecule has 0 aromatic carbocycles. The normalized spacial score (nSPS) is 22.5. The van der Waals surface area contributed by atoms with Crippen LogP contribution in [0.15, 0.2) is 0 Å². The van der Waals surface area contributed by atoms with E-state index >= 15 is 0 Å². The van der Waals surface area contributed by atoms with E-state index in [1.165, 1.54) is 0 Å². The third-order valence-corrected chi connectivity index (χ3v) is 3.47. The topological polar surface area (TPSA) is 26.3 Å². The molecule has 13 heavy (non-hydrogen) atoms. The molecule has 1 unspecified atom stereocenters. The minimum atomic E-state index is 0.194. The van der Waals surface area contributed by atoms with Crippen molar-refractivity contribution in [2.45, 2.75) is 20.3 Å². The molecule has 2 nitrogen and oxygen atoms in total. The highest BCUT2D eigenvalue weighted by molar-refractivity contribution is 7.99. The first-order valence-electron chi connectivity index (χ1n) is 4.88. The molecule has 0 saturated carbocycles. The summed E-state index contributed by atoms with van der Waals surface area (Å²) in [5.74, 6) is 3.01. The molecule has 0 aromatic heterocycles. The fraction of sp³-hybridized carbons (Fsp3) is 0.900. The van der Waals surface area contributed by atoms with Gasteiger partial charge < -0.3 is 4.74 Å². The van der Waals surface area contributed by atoms with Crippen LogP contribution in [0.4, 0.5) is 0 Å². The van der Waals surface area contributed by atoms with E-state index in [0.29, 0.717) is 24.1 Å². The first kappa shape index (κ1) is 11.1. The molecule has 1 aliphatic rings. The Morgan fingerprint density at radius 2 is 2.38 bits per heavy atom. The van der Waals surface area contributed by atoms with Crippen molar-refractivity contribution in [2.75, 3.05) is 24.7 Å². The molecular formula is C10H18O2S. The van der Waals surface area contributed by atoms with Crippen LogP contribution in [-0.4, -0.2) is 30.5 Å². The summed E-state index contributed by atoms with van der Waals surface area (Å²) in [6, 6.07) is 0. The van der Waals surface area contributed by atoms with Gasteiger partial charge in [-0.25, -0.2) is 0 Å². The van der Waals surface area contributed by atoms with Gasteiger partial charge >= 0.3 is 0 Å². The summed E-state index contributed by atoms with van der Waals surface area (Å²) in [4.78, 5) is 11.5. The van der Waals surface area contributed by atoms with E-state index in [0.717, 1.165) is 18.8 Å². The van der Waals surface area contributed by atoms with Crippen molar-refractivity contribution in [1.82, 2.24) is 0 Å². The Kier molecular flexibility index (Phi) is 4.81. The maximum atomic E-state index is 11.5. The maximum Gasteiger partial charge on any atom is 0.148 e. The molecule has 1 fully saturated rings. The minimum absolute atomic E-state index is 0.194. The minimum Gasteiger partial charge on any atom is -0.381 e. The summed E-state index contributed by atoms with van der Waals surface area (Å²) in [6.45, 7) is 5.78. The summed E-state index contributed by atoms with van der Waals surface area (Å²) in [6.07, 6.45) is 0.932. The predicted molar refractivity (Wildman–Crippen MR) is 56.1 cm³/mol. The monoisotopic (exact) mass is 202 g/mol. The second kappa shape index (κ2) is 5.66. The molecule has 1 saturated heterocycles. The van der Waals surface area contributed by atoms with Gasteiger partial charge in [-0.2, -0.15) is 11.8 Å². The Balaban J connectivity index is 2.10. The summed E-state index contributed by atoms with van der Waals surface area (Å²) in [7, 11) is 0. The van der Waals surface area contributed by atoms with Crippen molar-refractivity contribution >= 4 is 17.5 Å². The molecule has 0 aliphatic carbocycles. The van der Waals surface area contributed by atoms with Gasteiger partial charge in [0.1, 0.15) is 5.78 Å². The first-order valence-corrected chi connectivity index (χ1v) is 6.04. The zero-order valence-corrected chi connectivity index (χ0v) is 9.23. The Hall–Kier alpha value is -0.0200. The van der Waals surface area contributed by atoms with Crippen molar-refractivity contribution in [3.05, 3.63) is 0 Å². The Bertz CT molecular complexity index is 162. The summed E-state index contributed by atoms with van der Waals surface area (Å²) in [5, 5.41) is 0. The number of ketones is 1. The summed E-state index contributed by atoms with van der Waals surface area (Å²) in [5.41, 5.74) is 0. The molecule has 0 radical (unpaired) electrons. The fourth-order valence-electron chi connectivity index (χ4n) is 1.30. The Morgan fingerprint density at radius 1 is 1.62 bits per heavy atom. The second-order valence-electron chi connectivity index (χ2n) is 3.94. The third-order valence-electron chi connectivity index (χ3n) is 2.08. The van der Waals surface area contributed by atoms with Crippen molar-refractivity contribution in [1.29, 1.82) is 0 Å². The van der Waals surface area contributed by atoms with Gasteiger partial charge in [0.25, 0.3) is 0 Å². The predicted octanol–water partition coefficient (Wildman–Crippen LogP) is 1.98. The number of rotatable bonds is 5. The molecular weight excluding hydrogens is 184 g/mol. The summed E-state index contributed by atoms with van der Waals surface area (Å²) >= 11 is 1.75.